The van der Waals surface area contributed by atoms with E-state index in [0.29, 0.717) is 6.54 Å². The first-order valence-electron chi connectivity index (χ1n) is 8.27. The minimum absolute atomic E-state index is 0.656. The summed E-state index contributed by atoms with van der Waals surface area (Å²) in [6.07, 6.45) is 0. The molecule has 2 nitrogen and oxygen atoms in total. The standard InChI is InChI=1S/C22H18BrNO/c1-15-13-17(23)9-11-19(15)22-12-10-18(25-22)14-24-21-8-4-6-16-5-2-3-7-20(16)21/h2-13,24H,14H2,1H3. The third-order valence-electron chi connectivity index (χ3n) is 4.36. The maximum atomic E-state index is 6.05. The predicted octanol–water partition coefficient (Wildman–Crippen LogP) is 6.78. The lowest BCUT2D eigenvalue weighted by atomic mass is 10.1. The van der Waals surface area contributed by atoms with Gasteiger partial charge in [0.25, 0.3) is 0 Å². The molecular formula is C22H18BrNO. The Labute approximate surface area is 155 Å². The molecule has 4 aromatic rings. The van der Waals surface area contributed by atoms with Crippen molar-refractivity contribution >= 4 is 32.4 Å². The zero-order chi connectivity index (χ0) is 17.2. The molecule has 0 saturated heterocycles. The van der Waals surface area contributed by atoms with E-state index in [-0.39, 0.29) is 0 Å². The lowest BCUT2D eigenvalue weighted by Crippen LogP contribution is -1.98. The summed E-state index contributed by atoms with van der Waals surface area (Å²) in [5.74, 6) is 1.82. The number of halogens is 1. The van der Waals surface area contributed by atoms with Crippen molar-refractivity contribution in [1.82, 2.24) is 0 Å². The van der Waals surface area contributed by atoms with Crippen molar-refractivity contribution in [2.24, 2.45) is 0 Å². The van der Waals surface area contributed by atoms with Crippen molar-refractivity contribution in [3.05, 3.63) is 88.6 Å². The first kappa shape index (κ1) is 16.0. The molecule has 4 rings (SSSR count). The molecule has 0 radical (unpaired) electrons. The van der Waals surface area contributed by atoms with Crippen molar-refractivity contribution in [2.45, 2.75) is 13.5 Å². The normalized spacial score (nSPS) is 11.0. The summed E-state index contributed by atoms with van der Waals surface area (Å²) in [6.45, 7) is 2.75. The van der Waals surface area contributed by atoms with Crippen molar-refractivity contribution in [1.29, 1.82) is 0 Å². The summed E-state index contributed by atoms with van der Waals surface area (Å²) >= 11 is 3.50. The number of hydrogen-bond donors (Lipinski definition) is 1. The molecule has 25 heavy (non-hydrogen) atoms. The van der Waals surface area contributed by atoms with Crippen LogP contribution in [0.15, 0.2) is 81.7 Å². The Hall–Kier alpha value is -2.52. The number of benzene rings is 3. The third-order valence-corrected chi connectivity index (χ3v) is 4.85. The monoisotopic (exact) mass is 391 g/mol. The SMILES string of the molecule is Cc1cc(Br)ccc1-c1ccc(CNc2cccc3ccccc23)o1. The van der Waals surface area contributed by atoms with E-state index in [4.69, 9.17) is 4.42 Å². The Morgan fingerprint density at radius 3 is 2.64 bits per heavy atom. The second-order valence-corrected chi connectivity index (χ2v) is 7.02. The van der Waals surface area contributed by atoms with Crippen LogP contribution in [0.1, 0.15) is 11.3 Å². The van der Waals surface area contributed by atoms with Crippen LogP contribution in [0.5, 0.6) is 0 Å². The topological polar surface area (TPSA) is 25.2 Å². The highest BCUT2D eigenvalue weighted by Crippen LogP contribution is 2.29. The lowest BCUT2D eigenvalue weighted by Gasteiger charge is -2.08. The van der Waals surface area contributed by atoms with Gasteiger partial charge < -0.3 is 9.73 Å². The summed E-state index contributed by atoms with van der Waals surface area (Å²) in [5, 5.41) is 5.95. The molecular weight excluding hydrogens is 374 g/mol. The molecule has 0 spiro atoms. The molecule has 0 unspecified atom stereocenters. The number of rotatable bonds is 4. The van der Waals surface area contributed by atoms with Gasteiger partial charge in [0.1, 0.15) is 11.5 Å². The molecule has 0 bridgehead atoms. The molecule has 1 aromatic heterocycles. The molecule has 3 aromatic carbocycles. The summed E-state index contributed by atoms with van der Waals surface area (Å²) in [6, 6.07) is 25.0. The van der Waals surface area contributed by atoms with Gasteiger partial charge in [0, 0.05) is 21.1 Å². The average molecular weight is 392 g/mol. The van der Waals surface area contributed by atoms with E-state index in [1.54, 1.807) is 0 Å². The minimum Gasteiger partial charge on any atom is -0.459 e. The van der Waals surface area contributed by atoms with E-state index >= 15 is 0 Å². The lowest BCUT2D eigenvalue weighted by molar-refractivity contribution is 0.531. The number of aryl methyl sites for hydroxylation is 1. The molecule has 0 fully saturated rings. The Kier molecular flexibility index (Phi) is 4.33. The highest BCUT2D eigenvalue weighted by atomic mass is 79.9. The second kappa shape index (κ2) is 6.77. The maximum Gasteiger partial charge on any atom is 0.134 e. The fourth-order valence-electron chi connectivity index (χ4n) is 3.08. The van der Waals surface area contributed by atoms with Crippen LogP contribution in [0.25, 0.3) is 22.1 Å². The molecule has 0 aliphatic carbocycles. The average Bonchev–Trinajstić information content (AvgIpc) is 3.08. The van der Waals surface area contributed by atoms with E-state index in [1.807, 2.05) is 18.2 Å². The molecule has 3 heteroatoms. The molecule has 0 aliphatic heterocycles. The van der Waals surface area contributed by atoms with Gasteiger partial charge in [-0.05, 0) is 54.3 Å². The number of anilines is 1. The first-order chi connectivity index (χ1) is 12.2. The number of furan rings is 1. The Balaban J connectivity index is 1.55. The van der Waals surface area contributed by atoms with Gasteiger partial charge in [0.2, 0.25) is 0 Å². The van der Waals surface area contributed by atoms with Gasteiger partial charge in [-0.25, -0.2) is 0 Å². The molecule has 0 saturated carbocycles. The van der Waals surface area contributed by atoms with Crippen molar-refractivity contribution < 1.29 is 4.42 Å². The van der Waals surface area contributed by atoms with Gasteiger partial charge in [-0.1, -0.05) is 52.3 Å². The highest BCUT2D eigenvalue weighted by molar-refractivity contribution is 9.10. The molecule has 124 valence electrons. The number of fused-ring (bicyclic) bond motifs is 1. The van der Waals surface area contributed by atoms with Gasteiger partial charge in [0.15, 0.2) is 0 Å². The number of hydrogen-bond acceptors (Lipinski definition) is 2. The smallest absolute Gasteiger partial charge is 0.134 e. The third kappa shape index (κ3) is 3.33. The van der Waals surface area contributed by atoms with Crippen LogP contribution in [-0.2, 0) is 6.54 Å². The van der Waals surface area contributed by atoms with Crippen LogP contribution in [0.2, 0.25) is 0 Å². The fraction of sp³-hybridized carbons (Fsp3) is 0.0909. The molecule has 0 atom stereocenters. The van der Waals surface area contributed by atoms with E-state index in [2.05, 4.69) is 82.8 Å². The molecule has 1 N–H and O–H groups in total. The van der Waals surface area contributed by atoms with Crippen LogP contribution in [0.3, 0.4) is 0 Å². The molecule has 0 amide bonds. The minimum atomic E-state index is 0.656. The van der Waals surface area contributed by atoms with E-state index < -0.39 is 0 Å². The number of nitrogens with one attached hydrogen (secondary N) is 1. The Morgan fingerprint density at radius 1 is 0.920 bits per heavy atom. The quantitative estimate of drug-likeness (QED) is 0.414. The van der Waals surface area contributed by atoms with Gasteiger partial charge in [-0.2, -0.15) is 0 Å². The van der Waals surface area contributed by atoms with Crippen LogP contribution >= 0.6 is 15.9 Å². The van der Waals surface area contributed by atoms with E-state index in [0.717, 1.165) is 27.2 Å². The summed E-state index contributed by atoms with van der Waals surface area (Å²) in [5.41, 5.74) is 3.44. The Bertz CT molecular complexity index is 1030. The van der Waals surface area contributed by atoms with Crippen LogP contribution in [0.4, 0.5) is 5.69 Å². The predicted molar refractivity (Wildman–Crippen MR) is 108 cm³/mol. The highest BCUT2D eigenvalue weighted by Gasteiger charge is 2.08. The van der Waals surface area contributed by atoms with E-state index in [9.17, 15) is 0 Å². The fourth-order valence-corrected chi connectivity index (χ4v) is 3.56. The first-order valence-corrected chi connectivity index (χ1v) is 9.07. The zero-order valence-electron chi connectivity index (χ0n) is 13.9. The van der Waals surface area contributed by atoms with Crippen molar-refractivity contribution in [2.75, 3.05) is 5.32 Å². The van der Waals surface area contributed by atoms with Crippen LogP contribution < -0.4 is 5.32 Å². The zero-order valence-corrected chi connectivity index (χ0v) is 15.5. The van der Waals surface area contributed by atoms with Crippen molar-refractivity contribution in [3.63, 3.8) is 0 Å². The van der Waals surface area contributed by atoms with Crippen molar-refractivity contribution in [3.8, 4) is 11.3 Å². The van der Waals surface area contributed by atoms with Crippen LogP contribution in [0, 0.1) is 6.92 Å². The largest absolute Gasteiger partial charge is 0.459 e. The van der Waals surface area contributed by atoms with Gasteiger partial charge in [0.05, 0.1) is 6.54 Å². The molecule has 0 aliphatic rings. The Morgan fingerprint density at radius 2 is 1.76 bits per heavy atom. The van der Waals surface area contributed by atoms with E-state index in [1.165, 1.54) is 16.3 Å². The van der Waals surface area contributed by atoms with Gasteiger partial charge >= 0.3 is 0 Å². The second-order valence-electron chi connectivity index (χ2n) is 6.11. The molecule has 1 heterocycles. The summed E-state index contributed by atoms with van der Waals surface area (Å²) in [4.78, 5) is 0. The summed E-state index contributed by atoms with van der Waals surface area (Å²) < 4.78 is 7.13. The van der Waals surface area contributed by atoms with Gasteiger partial charge in [-0.3, -0.25) is 0 Å². The summed E-state index contributed by atoms with van der Waals surface area (Å²) in [7, 11) is 0. The maximum absolute atomic E-state index is 6.05. The van der Waals surface area contributed by atoms with Crippen LogP contribution in [-0.4, -0.2) is 0 Å². The van der Waals surface area contributed by atoms with Gasteiger partial charge in [-0.15, -0.1) is 0 Å².